The van der Waals surface area contributed by atoms with Crippen molar-refractivity contribution in [2.45, 2.75) is 26.3 Å². The van der Waals surface area contributed by atoms with Gasteiger partial charge in [-0.05, 0) is 24.1 Å². The first-order valence-corrected chi connectivity index (χ1v) is 8.11. The van der Waals surface area contributed by atoms with Crippen LogP contribution in [0.2, 0.25) is 0 Å². The van der Waals surface area contributed by atoms with E-state index in [0.29, 0.717) is 0 Å². The van der Waals surface area contributed by atoms with E-state index in [2.05, 4.69) is 29.3 Å². The summed E-state index contributed by atoms with van der Waals surface area (Å²) in [6.07, 6.45) is 2.15. The SMILES string of the molecule is CCCCNC(=O)N1CCN(Cc2cccc(OC)c2)CC1. The van der Waals surface area contributed by atoms with Crippen molar-refractivity contribution in [3.8, 4) is 5.75 Å². The lowest BCUT2D eigenvalue weighted by molar-refractivity contribution is 0.135. The van der Waals surface area contributed by atoms with Crippen LogP contribution in [-0.2, 0) is 6.54 Å². The fraction of sp³-hybridized carbons (Fsp3) is 0.588. The quantitative estimate of drug-likeness (QED) is 0.820. The zero-order valence-electron chi connectivity index (χ0n) is 13.7. The van der Waals surface area contributed by atoms with E-state index in [-0.39, 0.29) is 6.03 Å². The summed E-state index contributed by atoms with van der Waals surface area (Å²) in [5, 5.41) is 2.98. The van der Waals surface area contributed by atoms with Gasteiger partial charge in [0, 0.05) is 39.3 Å². The molecule has 1 fully saturated rings. The van der Waals surface area contributed by atoms with Crippen LogP contribution in [0.4, 0.5) is 4.79 Å². The molecule has 1 heterocycles. The second-order valence-electron chi connectivity index (χ2n) is 5.70. The summed E-state index contributed by atoms with van der Waals surface area (Å²) >= 11 is 0. The minimum absolute atomic E-state index is 0.0782. The molecule has 0 radical (unpaired) electrons. The van der Waals surface area contributed by atoms with Gasteiger partial charge < -0.3 is 15.0 Å². The fourth-order valence-electron chi connectivity index (χ4n) is 2.62. The zero-order chi connectivity index (χ0) is 15.8. The number of urea groups is 1. The number of piperazine rings is 1. The standard InChI is InChI=1S/C17H27N3O2/c1-3-4-8-18-17(21)20-11-9-19(10-12-20)14-15-6-5-7-16(13-15)22-2/h5-7,13H,3-4,8-12,14H2,1-2H3,(H,18,21). The van der Waals surface area contributed by atoms with Gasteiger partial charge in [-0.25, -0.2) is 4.79 Å². The van der Waals surface area contributed by atoms with Gasteiger partial charge in [-0.2, -0.15) is 0 Å². The van der Waals surface area contributed by atoms with Gasteiger partial charge in [0.05, 0.1) is 7.11 Å². The van der Waals surface area contributed by atoms with E-state index >= 15 is 0 Å². The molecule has 0 atom stereocenters. The Kier molecular flexibility index (Phi) is 6.52. The number of methoxy groups -OCH3 is 1. The number of ether oxygens (including phenoxy) is 1. The molecular weight excluding hydrogens is 278 g/mol. The third-order valence-corrected chi connectivity index (χ3v) is 4.01. The van der Waals surface area contributed by atoms with Gasteiger partial charge >= 0.3 is 6.03 Å². The molecule has 2 rings (SSSR count). The van der Waals surface area contributed by atoms with Crippen molar-refractivity contribution < 1.29 is 9.53 Å². The van der Waals surface area contributed by atoms with Crippen molar-refractivity contribution in [1.82, 2.24) is 15.1 Å². The van der Waals surface area contributed by atoms with Crippen LogP contribution in [0.1, 0.15) is 25.3 Å². The number of nitrogens with one attached hydrogen (secondary N) is 1. The van der Waals surface area contributed by atoms with E-state index in [1.807, 2.05) is 17.0 Å². The Morgan fingerprint density at radius 3 is 2.73 bits per heavy atom. The van der Waals surface area contributed by atoms with E-state index in [1.54, 1.807) is 7.11 Å². The Labute approximate surface area is 133 Å². The first-order valence-electron chi connectivity index (χ1n) is 8.11. The molecule has 5 nitrogen and oxygen atoms in total. The van der Waals surface area contributed by atoms with Crippen LogP contribution >= 0.6 is 0 Å². The Balaban J connectivity index is 1.75. The topological polar surface area (TPSA) is 44.8 Å². The molecule has 0 bridgehead atoms. The molecule has 122 valence electrons. The minimum Gasteiger partial charge on any atom is -0.497 e. The predicted octanol–water partition coefficient (Wildman–Crippen LogP) is 2.32. The number of hydrogen-bond donors (Lipinski definition) is 1. The largest absolute Gasteiger partial charge is 0.497 e. The van der Waals surface area contributed by atoms with Crippen molar-refractivity contribution in [1.29, 1.82) is 0 Å². The van der Waals surface area contributed by atoms with E-state index in [4.69, 9.17) is 4.74 Å². The van der Waals surface area contributed by atoms with Gasteiger partial charge in [-0.3, -0.25) is 4.90 Å². The van der Waals surface area contributed by atoms with Gasteiger partial charge in [0.2, 0.25) is 0 Å². The highest BCUT2D eigenvalue weighted by molar-refractivity contribution is 5.74. The van der Waals surface area contributed by atoms with E-state index in [1.165, 1.54) is 5.56 Å². The number of rotatable bonds is 6. The average Bonchev–Trinajstić information content (AvgIpc) is 2.56. The molecule has 1 N–H and O–H groups in total. The summed E-state index contributed by atoms with van der Waals surface area (Å²) in [5.41, 5.74) is 1.25. The Morgan fingerprint density at radius 2 is 2.05 bits per heavy atom. The molecule has 0 aliphatic carbocycles. The second kappa shape index (κ2) is 8.63. The molecule has 22 heavy (non-hydrogen) atoms. The van der Waals surface area contributed by atoms with Crippen LogP contribution in [0, 0.1) is 0 Å². The number of hydrogen-bond acceptors (Lipinski definition) is 3. The fourth-order valence-corrected chi connectivity index (χ4v) is 2.62. The third kappa shape index (κ3) is 4.91. The van der Waals surface area contributed by atoms with Crippen LogP contribution in [0.5, 0.6) is 5.75 Å². The van der Waals surface area contributed by atoms with Crippen molar-refractivity contribution in [2.75, 3.05) is 39.8 Å². The molecule has 1 aliphatic heterocycles. The van der Waals surface area contributed by atoms with Crippen LogP contribution in [0.15, 0.2) is 24.3 Å². The summed E-state index contributed by atoms with van der Waals surface area (Å²) in [4.78, 5) is 16.3. The second-order valence-corrected chi connectivity index (χ2v) is 5.70. The number of benzene rings is 1. The van der Waals surface area contributed by atoms with Crippen molar-refractivity contribution in [3.63, 3.8) is 0 Å². The highest BCUT2D eigenvalue weighted by atomic mass is 16.5. The van der Waals surface area contributed by atoms with Gasteiger partial charge in [-0.1, -0.05) is 25.5 Å². The van der Waals surface area contributed by atoms with Crippen molar-refractivity contribution >= 4 is 6.03 Å². The number of carbonyl (C=O) groups excluding carboxylic acids is 1. The van der Waals surface area contributed by atoms with E-state index in [0.717, 1.165) is 57.9 Å². The van der Waals surface area contributed by atoms with Gasteiger partial charge in [-0.15, -0.1) is 0 Å². The summed E-state index contributed by atoms with van der Waals surface area (Å²) < 4.78 is 5.26. The van der Waals surface area contributed by atoms with Crippen molar-refractivity contribution in [2.24, 2.45) is 0 Å². The van der Waals surface area contributed by atoms with Gasteiger partial charge in [0.25, 0.3) is 0 Å². The molecule has 0 spiro atoms. The molecule has 0 unspecified atom stereocenters. The molecule has 1 aromatic carbocycles. The normalized spacial score (nSPS) is 15.6. The summed E-state index contributed by atoms with van der Waals surface area (Å²) in [7, 11) is 1.69. The van der Waals surface area contributed by atoms with Crippen LogP contribution < -0.4 is 10.1 Å². The zero-order valence-corrected chi connectivity index (χ0v) is 13.7. The lowest BCUT2D eigenvalue weighted by Gasteiger charge is -2.34. The molecule has 0 saturated carbocycles. The lowest BCUT2D eigenvalue weighted by atomic mass is 10.2. The van der Waals surface area contributed by atoms with Crippen LogP contribution in [0.3, 0.4) is 0 Å². The number of unbranched alkanes of at least 4 members (excludes halogenated alkanes) is 1. The molecule has 1 saturated heterocycles. The first-order chi connectivity index (χ1) is 10.7. The molecule has 0 aromatic heterocycles. The maximum atomic E-state index is 12.0. The molecule has 5 heteroatoms. The Bertz CT molecular complexity index is 471. The van der Waals surface area contributed by atoms with Gasteiger partial charge in [0.1, 0.15) is 5.75 Å². The number of nitrogens with zero attached hydrogens (tertiary/aromatic N) is 2. The number of carbonyl (C=O) groups is 1. The van der Waals surface area contributed by atoms with Crippen LogP contribution in [-0.4, -0.2) is 55.7 Å². The van der Waals surface area contributed by atoms with Crippen LogP contribution in [0.25, 0.3) is 0 Å². The molecule has 1 aliphatic rings. The monoisotopic (exact) mass is 305 g/mol. The lowest BCUT2D eigenvalue weighted by Crippen LogP contribution is -2.51. The Hall–Kier alpha value is -1.75. The average molecular weight is 305 g/mol. The molecular formula is C17H27N3O2. The first kappa shape index (κ1) is 16.6. The van der Waals surface area contributed by atoms with Gasteiger partial charge in [0.15, 0.2) is 0 Å². The molecule has 2 amide bonds. The summed E-state index contributed by atoms with van der Waals surface area (Å²) in [6.45, 7) is 7.23. The maximum absolute atomic E-state index is 12.0. The summed E-state index contributed by atoms with van der Waals surface area (Å²) in [5.74, 6) is 0.895. The summed E-state index contributed by atoms with van der Waals surface area (Å²) in [6, 6.07) is 8.25. The smallest absolute Gasteiger partial charge is 0.317 e. The van der Waals surface area contributed by atoms with E-state index in [9.17, 15) is 4.79 Å². The minimum atomic E-state index is 0.0782. The van der Waals surface area contributed by atoms with Crippen molar-refractivity contribution in [3.05, 3.63) is 29.8 Å². The van der Waals surface area contributed by atoms with E-state index < -0.39 is 0 Å². The molecule has 1 aromatic rings. The number of amides is 2. The highest BCUT2D eigenvalue weighted by Crippen LogP contribution is 2.15. The highest BCUT2D eigenvalue weighted by Gasteiger charge is 2.20. The maximum Gasteiger partial charge on any atom is 0.317 e. The Morgan fingerprint density at radius 1 is 1.27 bits per heavy atom. The predicted molar refractivity (Wildman–Crippen MR) is 88.2 cm³/mol. The third-order valence-electron chi connectivity index (χ3n) is 4.01.